The lowest BCUT2D eigenvalue weighted by molar-refractivity contribution is -0.122. The third kappa shape index (κ3) is 1.29. The number of hydrogen-bond acceptors (Lipinski definition) is 2. The van der Waals surface area contributed by atoms with Gasteiger partial charge in [-0.15, -0.1) is 0 Å². The van der Waals surface area contributed by atoms with Crippen molar-refractivity contribution < 1.29 is 4.79 Å². The van der Waals surface area contributed by atoms with E-state index in [1.807, 2.05) is 4.90 Å². The number of hydrogen-bond donors (Lipinski definition) is 1. The molecule has 0 radical (unpaired) electrons. The predicted molar refractivity (Wildman–Crippen MR) is 39.7 cm³/mol. The summed E-state index contributed by atoms with van der Waals surface area (Å²) in [6, 6.07) is 0.697. The number of rotatable bonds is 1. The maximum atomic E-state index is 10.5. The molecule has 0 aromatic heterocycles. The summed E-state index contributed by atoms with van der Waals surface area (Å²) in [5.41, 5.74) is 0. The average Bonchev–Trinajstić information content (AvgIpc) is 1.88. The van der Waals surface area contributed by atoms with Gasteiger partial charge in [-0.3, -0.25) is 4.79 Å². The van der Waals surface area contributed by atoms with Gasteiger partial charge >= 0.3 is 0 Å². The zero-order valence-corrected chi connectivity index (χ0v) is 6.50. The number of nitrogens with one attached hydrogen (secondary N) is 1. The van der Waals surface area contributed by atoms with Gasteiger partial charge in [-0.1, -0.05) is 0 Å². The number of amides is 1. The van der Waals surface area contributed by atoms with E-state index in [-0.39, 0.29) is 0 Å². The van der Waals surface area contributed by atoms with Gasteiger partial charge in [-0.25, -0.2) is 0 Å². The van der Waals surface area contributed by atoms with Crippen molar-refractivity contribution in [2.45, 2.75) is 25.9 Å². The van der Waals surface area contributed by atoms with Gasteiger partial charge in [0.2, 0.25) is 6.41 Å². The van der Waals surface area contributed by atoms with Gasteiger partial charge in [0.15, 0.2) is 0 Å². The minimum atomic E-state index is 0.348. The van der Waals surface area contributed by atoms with Crippen LogP contribution in [0.1, 0.15) is 13.8 Å². The Morgan fingerprint density at radius 1 is 1.40 bits per heavy atom. The first kappa shape index (κ1) is 7.54. The van der Waals surface area contributed by atoms with Crippen molar-refractivity contribution in [1.82, 2.24) is 10.2 Å². The summed E-state index contributed by atoms with van der Waals surface area (Å²) < 4.78 is 0. The van der Waals surface area contributed by atoms with Crippen LogP contribution in [0.5, 0.6) is 0 Å². The molecule has 1 amide bonds. The maximum Gasteiger partial charge on any atom is 0.210 e. The fraction of sp³-hybridized carbons (Fsp3) is 0.857. The largest absolute Gasteiger partial charge is 0.337 e. The molecule has 1 aliphatic rings. The van der Waals surface area contributed by atoms with Gasteiger partial charge in [0.25, 0.3) is 0 Å². The number of piperazine rings is 1. The fourth-order valence-corrected chi connectivity index (χ4v) is 1.35. The summed E-state index contributed by atoms with van der Waals surface area (Å²) in [7, 11) is 0. The molecule has 0 aromatic rings. The standard InChI is InChI=1S/C7H14N2O/c1-6-3-8-4-7(2)9(6)5-10/h5-8H,3-4H2,1-2H3/t6-,7?/m1/s1. The van der Waals surface area contributed by atoms with E-state index >= 15 is 0 Å². The Morgan fingerprint density at radius 2 is 1.90 bits per heavy atom. The fourth-order valence-electron chi connectivity index (χ4n) is 1.35. The zero-order valence-electron chi connectivity index (χ0n) is 6.50. The van der Waals surface area contributed by atoms with Crippen molar-refractivity contribution in [3.63, 3.8) is 0 Å². The van der Waals surface area contributed by atoms with Crippen LogP contribution in [0.2, 0.25) is 0 Å². The van der Waals surface area contributed by atoms with Gasteiger partial charge in [0.1, 0.15) is 0 Å². The molecule has 0 spiro atoms. The molecule has 1 aliphatic heterocycles. The Hall–Kier alpha value is -0.570. The highest BCUT2D eigenvalue weighted by atomic mass is 16.1. The Bertz CT molecular complexity index is 117. The summed E-state index contributed by atoms with van der Waals surface area (Å²) in [4.78, 5) is 12.3. The average molecular weight is 142 g/mol. The first-order valence-corrected chi connectivity index (χ1v) is 3.69. The van der Waals surface area contributed by atoms with E-state index in [1.54, 1.807) is 0 Å². The predicted octanol–water partition coefficient (Wildman–Crippen LogP) is -0.175. The van der Waals surface area contributed by atoms with Gasteiger partial charge < -0.3 is 10.2 Å². The molecule has 10 heavy (non-hydrogen) atoms. The minimum absolute atomic E-state index is 0.348. The van der Waals surface area contributed by atoms with E-state index in [0.717, 1.165) is 19.5 Å². The Morgan fingerprint density at radius 3 is 2.20 bits per heavy atom. The quantitative estimate of drug-likeness (QED) is 0.515. The first-order valence-electron chi connectivity index (χ1n) is 3.69. The third-order valence-electron chi connectivity index (χ3n) is 2.02. The van der Waals surface area contributed by atoms with Crippen LogP contribution >= 0.6 is 0 Å². The van der Waals surface area contributed by atoms with E-state index in [0.29, 0.717) is 12.1 Å². The second kappa shape index (κ2) is 3.01. The van der Waals surface area contributed by atoms with E-state index in [2.05, 4.69) is 19.2 Å². The molecule has 1 rings (SSSR count). The van der Waals surface area contributed by atoms with Gasteiger partial charge in [-0.2, -0.15) is 0 Å². The van der Waals surface area contributed by atoms with Crippen LogP contribution in [-0.2, 0) is 4.79 Å². The molecular formula is C7H14N2O. The Balaban J connectivity index is 2.53. The third-order valence-corrected chi connectivity index (χ3v) is 2.02. The van der Waals surface area contributed by atoms with Crippen LogP contribution < -0.4 is 5.32 Å². The van der Waals surface area contributed by atoms with Crippen LogP contribution in [0, 0.1) is 0 Å². The molecule has 1 saturated heterocycles. The molecule has 0 aliphatic carbocycles. The molecule has 1 N–H and O–H groups in total. The van der Waals surface area contributed by atoms with Gasteiger partial charge in [0, 0.05) is 25.2 Å². The Labute approximate surface area is 61.4 Å². The topological polar surface area (TPSA) is 32.3 Å². The smallest absolute Gasteiger partial charge is 0.210 e. The summed E-state index contributed by atoms with van der Waals surface area (Å²) in [5.74, 6) is 0. The van der Waals surface area contributed by atoms with E-state index in [9.17, 15) is 4.79 Å². The number of carbonyl (C=O) groups excluding carboxylic acids is 1. The molecule has 1 unspecified atom stereocenters. The normalized spacial score (nSPS) is 34.0. The highest BCUT2D eigenvalue weighted by molar-refractivity contribution is 5.48. The number of nitrogens with zero attached hydrogens (tertiary/aromatic N) is 1. The van der Waals surface area contributed by atoms with Gasteiger partial charge in [-0.05, 0) is 13.8 Å². The van der Waals surface area contributed by atoms with E-state index < -0.39 is 0 Å². The van der Waals surface area contributed by atoms with Crippen LogP contribution in [0.3, 0.4) is 0 Å². The summed E-state index contributed by atoms with van der Waals surface area (Å²) >= 11 is 0. The van der Waals surface area contributed by atoms with Crippen LogP contribution in [0.15, 0.2) is 0 Å². The summed E-state index contributed by atoms with van der Waals surface area (Å²) in [6.45, 7) is 5.94. The monoisotopic (exact) mass is 142 g/mol. The first-order chi connectivity index (χ1) is 4.75. The van der Waals surface area contributed by atoms with Crippen molar-refractivity contribution in [3.8, 4) is 0 Å². The van der Waals surface area contributed by atoms with Crippen molar-refractivity contribution in [1.29, 1.82) is 0 Å². The van der Waals surface area contributed by atoms with E-state index in [4.69, 9.17) is 0 Å². The minimum Gasteiger partial charge on any atom is -0.337 e. The maximum absolute atomic E-state index is 10.5. The highest BCUT2D eigenvalue weighted by Gasteiger charge is 2.21. The van der Waals surface area contributed by atoms with Gasteiger partial charge in [0.05, 0.1) is 0 Å². The SMILES string of the molecule is CC1CNC[C@@H](C)N1C=O. The van der Waals surface area contributed by atoms with Crippen LogP contribution in [0.4, 0.5) is 0 Å². The highest BCUT2D eigenvalue weighted by Crippen LogP contribution is 2.05. The lowest BCUT2D eigenvalue weighted by atomic mass is 10.1. The lowest BCUT2D eigenvalue weighted by Crippen LogP contribution is -2.54. The lowest BCUT2D eigenvalue weighted by Gasteiger charge is -2.36. The molecule has 0 bridgehead atoms. The molecule has 2 atom stereocenters. The van der Waals surface area contributed by atoms with Crippen LogP contribution in [0.25, 0.3) is 0 Å². The summed E-state index contributed by atoms with van der Waals surface area (Å²) in [5, 5.41) is 3.25. The second-order valence-corrected chi connectivity index (χ2v) is 2.91. The van der Waals surface area contributed by atoms with E-state index in [1.165, 1.54) is 0 Å². The second-order valence-electron chi connectivity index (χ2n) is 2.91. The molecular weight excluding hydrogens is 128 g/mol. The molecule has 0 saturated carbocycles. The molecule has 1 heterocycles. The molecule has 3 heteroatoms. The molecule has 3 nitrogen and oxygen atoms in total. The van der Waals surface area contributed by atoms with Crippen molar-refractivity contribution >= 4 is 6.41 Å². The molecule has 58 valence electrons. The van der Waals surface area contributed by atoms with Crippen LogP contribution in [-0.4, -0.2) is 36.5 Å². The summed E-state index contributed by atoms with van der Waals surface area (Å²) in [6.07, 6.45) is 0.941. The van der Waals surface area contributed by atoms with Crippen molar-refractivity contribution in [3.05, 3.63) is 0 Å². The van der Waals surface area contributed by atoms with Crippen molar-refractivity contribution in [2.24, 2.45) is 0 Å². The Kier molecular flexibility index (Phi) is 2.27. The molecule has 1 fully saturated rings. The van der Waals surface area contributed by atoms with Crippen molar-refractivity contribution in [2.75, 3.05) is 13.1 Å². The molecule has 0 aromatic carbocycles. The zero-order chi connectivity index (χ0) is 7.56. The number of carbonyl (C=O) groups is 1.